The Labute approximate surface area is 213 Å². The number of carbonyl (C=O) groups is 1. The third-order valence-corrected chi connectivity index (χ3v) is 8.04. The van der Waals surface area contributed by atoms with Gasteiger partial charge in [-0.15, -0.1) is 0 Å². The summed E-state index contributed by atoms with van der Waals surface area (Å²) >= 11 is 0. The second-order valence-corrected chi connectivity index (χ2v) is 10.6. The molecule has 6 rings (SSSR count). The first-order chi connectivity index (χ1) is 17.5. The van der Waals surface area contributed by atoms with Gasteiger partial charge in [-0.2, -0.15) is 0 Å². The monoisotopic (exact) mass is 473 g/mol. The van der Waals surface area contributed by atoms with Gasteiger partial charge in [0.1, 0.15) is 12.6 Å². The fourth-order valence-electron chi connectivity index (χ4n) is 6.39. The van der Waals surface area contributed by atoms with Crippen molar-refractivity contribution in [3.05, 3.63) is 131 Å². The van der Waals surface area contributed by atoms with Gasteiger partial charge in [-0.05, 0) is 45.2 Å². The molecule has 4 aromatic rings. The Bertz CT molecular complexity index is 1350. The minimum Gasteiger partial charge on any atom is -0.460 e. The lowest BCUT2D eigenvalue weighted by atomic mass is 9.77. The van der Waals surface area contributed by atoms with Crippen molar-refractivity contribution in [1.82, 2.24) is 4.90 Å². The predicted molar refractivity (Wildman–Crippen MR) is 143 cm³/mol. The van der Waals surface area contributed by atoms with Crippen LogP contribution in [0.1, 0.15) is 42.5 Å². The Kier molecular flexibility index (Phi) is 5.54. The van der Waals surface area contributed by atoms with Gasteiger partial charge in [-0.25, -0.2) is 0 Å². The largest absolute Gasteiger partial charge is 0.460 e. The molecule has 0 aromatic heterocycles. The van der Waals surface area contributed by atoms with E-state index in [9.17, 15) is 4.79 Å². The molecule has 0 saturated carbocycles. The van der Waals surface area contributed by atoms with Gasteiger partial charge in [-0.1, -0.05) is 123 Å². The molecular formula is C33H31NO2. The van der Waals surface area contributed by atoms with E-state index >= 15 is 0 Å². The summed E-state index contributed by atoms with van der Waals surface area (Å²) in [6.07, 6.45) is 0.914. The molecule has 0 bridgehead atoms. The molecule has 3 nitrogen and oxygen atoms in total. The molecule has 0 radical (unpaired) electrons. The fourth-order valence-corrected chi connectivity index (χ4v) is 6.39. The second-order valence-electron chi connectivity index (χ2n) is 10.6. The molecule has 1 atom stereocenters. The lowest BCUT2D eigenvalue weighted by molar-refractivity contribution is -0.155. The molecule has 3 heteroatoms. The summed E-state index contributed by atoms with van der Waals surface area (Å²) in [7, 11) is 0. The Morgan fingerprint density at radius 3 is 1.92 bits per heavy atom. The lowest BCUT2D eigenvalue weighted by Gasteiger charge is -2.45. The highest BCUT2D eigenvalue weighted by molar-refractivity contribution is 5.85. The SMILES string of the molecule is CC1(C)CCN(C2(c3ccccc3)c3ccccc3-c3ccccc32)[C@@H]1C(=O)OCc1ccccc1. The van der Waals surface area contributed by atoms with Crippen molar-refractivity contribution in [2.45, 2.75) is 38.5 Å². The van der Waals surface area contributed by atoms with Gasteiger partial charge in [0.05, 0.1) is 5.54 Å². The Morgan fingerprint density at radius 1 is 0.778 bits per heavy atom. The number of nitrogens with zero attached hydrogens (tertiary/aromatic N) is 1. The minimum absolute atomic E-state index is 0.154. The molecule has 0 spiro atoms. The van der Waals surface area contributed by atoms with Gasteiger partial charge >= 0.3 is 5.97 Å². The van der Waals surface area contributed by atoms with Gasteiger partial charge in [0.15, 0.2) is 0 Å². The number of benzene rings is 4. The highest BCUT2D eigenvalue weighted by Crippen LogP contribution is 2.57. The molecular weight excluding hydrogens is 442 g/mol. The van der Waals surface area contributed by atoms with E-state index in [-0.39, 0.29) is 24.0 Å². The van der Waals surface area contributed by atoms with Gasteiger partial charge in [-0.3, -0.25) is 9.69 Å². The first-order valence-corrected chi connectivity index (χ1v) is 12.8. The third-order valence-electron chi connectivity index (χ3n) is 8.04. The maximum atomic E-state index is 13.9. The van der Waals surface area contributed by atoms with Crippen molar-refractivity contribution in [1.29, 1.82) is 0 Å². The maximum absolute atomic E-state index is 13.9. The third kappa shape index (κ3) is 3.42. The molecule has 0 unspecified atom stereocenters. The van der Waals surface area contributed by atoms with Crippen LogP contribution in [-0.4, -0.2) is 23.5 Å². The van der Waals surface area contributed by atoms with Gasteiger partial charge in [0.2, 0.25) is 0 Å². The summed E-state index contributed by atoms with van der Waals surface area (Å²) in [5.41, 5.74) is 6.31. The highest BCUT2D eigenvalue weighted by atomic mass is 16.5. The van der Waals surface area contributed by atoms with E-state index in [4.69, 9.17) is 4.74 Å². The minimum atomic E-state index is -0.571. The number of fused-ring (bicyclic) bond motifs is 3. The second kappa shape index (κ2) is 8.76. The topological polar surface area (TPSA) is 29.5 Å². The molecule has 0 amide bonds. The highest BCUT2D eigenvalue weighted by Gasteiger charge is 2.58. The van der Waals surface area contributed by atoms with E-state index in [0.29, 0.717) is 0 Å². The molecule has 36 heavy (non-hydrogen) atoms. The quantitative estimate of drug-likeness (QED) is 0.299. The molecule has 1 fully saturated rings. The normalized spacial score (nSPS) is 19.4. The van der Waals surface area contributed by atoms with Crippen LogP contribution in [0, 0.1) is 5.41 Å². The average molecular weight is 474 g/mol. The molecule has 180 valence electrons. The predicted octanol–water partition coefficient (Wildman–Crippen LogP) is 6.80. The smallest absolute Gasteiger partial charge is 0.324 e. The van der Waals surface area contributed by atoms with E-state index in [0.717, 1.165) is 18.5 Å². The molecule has 0 N–H and O–H groups in total. The van der Waals surface area contributed by atoms with Crippen LogP contribution in [0.25, 0.3) is 11.1 Å². The van der Waals surface area contributed by atoms with Crippen LogP contribution in [-0.2, 0) is 21.7 Å². The molecule has 1 aliphatic carbocycles. The standard InChI is InChI=1S/C33H31NO2/c1-32(2)21-22-34(30(32)31(35)36-23-24-13-5-3-6-14-24)33(25-15-7-4-8-16-25)28-19-11-9-17-26(28)27-18-10-12-20-29(27)33/h3-20,30H,21-23H2,1-2H3/t30-/m1/s1. The summed E-state index contributed by atoms with van der Waals surface area (Å²) in [6, 6.07) is 37.6. The van der Waals surface area contributed by atoms with Crippen LogP contribution in [0.15, 0.2) is 109 Å². The van der Waals surface area contributed by atoms with Crippen molar-refractivity contribution in [2.75, 3.05) is 6.54 Å². The van der Waals surface area contributed by atoms with E-state index in [2.05, 4.69) is 97.6 Å². The molecule has 4 aromatic carbocycles. The zero-order chi connectivity index (χ0) is 24.8. The van der Waals surface area contributed by atoms with E-state index in [1.807, 2.05) is 30.3 Å². The van der Waals surface area contributed by atoms with Crippen LogP contribution >= 0.6 is 0 Å². The van der Waals surface area contributed by atoms with Crippen LogP contribution in [0.5, 0.6) is 0 Å². The Balaban J connectivity index is 1.52. The number of ether oxygens (including phenoxy) is 1. The van der Waals surface area contributed by atoms with Gasteiger partial charge in [0, 0.05) is 6.54 Å². The van der Waals surface area contributed by atoms with E-state index < -0.39 is 5.54 Å². The van der Waals surface area contributed by atoms with Crippen LogP contribution in [0.3, 0.4) is 0 Å². The number of rotatable bonds is 5. The summed E-state index contributed by atoms with van der Waals surface area (Å²) < 4.78 is 6.01. The average Bonchev–Trinajstić information content (AvgIpc) is 3.40. The summed E-state index contributed by atoms with van der Waals surface area (Å²) in [5.74, 6) is -0.154. The van der Waals surface area contributed by atoms with Crippen molar-refractivity contribution in [3.63, 3.8) is 0 Å². The summed E-state index contributed by atoms with van der Waals surface area (Å²) in [5, 5.41) is 0. The molecule has 2 aliphatic rings. The Hall–Kier alpha value is -3.69. The number of likely N-dealkylation sites (tertiary alicyclic amines) is 1. The van der Waals surface area contributed by atoms with Gasteiger partial charge in [0.25, 0.3) is 0 Å². The van der Waals surface area contributed by atoms with Crippen LogP contribution in [0.2, 0.25) is 0 Å². The molecule has 1 saturated heterocycles. The summed E-state index contributed by atoms with van der Waals surface area (Å²) in [6.45, 7) is 5.49. The number of hydrogen-bond donors (Lipinski definition) is 0. The first kappa shape index (κ1) is 22.8. The number of carbonyl (C=O) groups excluding carboxylic acids is 1. The van der Waals surface area contributed by atoms with Crippen molar-refractivity contribution < 1.29 is 9.53 Å². The van der Waals surface area contributed by atoms with Gasteiger partial charge < -0.3 is 4.74 Å². The van der Waals surface area contributed by atoms with E-state index in [1.54, 1.807) is 0 Å². The van der Waals surface area contributed by atoms with Crippen LogP contribution in [0.4, 0.5) is 0 Å². The zero-order valence-corrected chi connectivity index (χ0v) is 20.9. The maximum Gasteiger partial charge on any atom is 0.324 e. The van der Waals surface area contributed by atoms with Crippen molar-refractivity contribution >= 4 is 5.97 Å². The lowest BCUT2D eigenvalue weighted by Crippen LogP contribution is -2.55. The van der Waals surface area contributed by atoms with E-state index in [1.165, 1.54) is 27.8 Å². The fraction of sp³-hybridized carbons (Fsp3) is 0.242. The van der Waals surface area contributed by atoms with Crippen molar-refractivity contribution in [2.24, 2.45) is 5.41 Å². The summed E-state index contributed by atoms with van der Waals surface area (Å²) in [4.78, 5) is 16.4. The zero-order valence-electron chi connectivity index (χ0n) is 20.9. The number of hydrogen-bond acceptors (Lipinski definition) is 3. The molecule has 1 heterocycles. The molecule has 1 aliphatic heterocycles. The number of esters is 1. The Morgan fingerprint density at radius 2 is 1.31 bits per heavy atom. The first-order valence-electron chi connectivity index (χ1n) is 12.8. The van der Waals surface area contributed by atoms with Crippen LogP contribution < -0.4 is 0 Å². The van der Waals surface area contributed by atoms with Crippen molar-refractivity contribution in [3.8, 4) is 11.1 Å².